The molecule has 0 aliphatic carbocycles. The van der Waals surface area contributed by atoms with Gasteiger partial charge in [0.1, 0.15) is 5.82 Å². The molecule has 0 saturated heterocycles. The lowest BCUT2D eigenvalue weighted by atomic mass is 10.00. The van der Waals surface area contributed by atoms with Gasteiger partial charge in [-0.1, -0.05) is 23.7 Å². The highest BCUT2D eigenvalue weighted by atomic mass is 35.5. The third kappa shape index (κ3) is 3.07. The molecule has 1 N–H and O–H groups in total. The Balaban J connectivity index is 2.26. The van der Waals surface area contributed by atoms with Crippen molar-refractivity contribution in [2.24, 2.45) is 0 Å². The quantitative estimate of drug-likeness (QED) is 0.503. The van der Waals surface area contributed by atoms with Crippen LogP contribution in [0.5, 0.6) is 0 Å². The van der Waals surface area contributed by atoms with Crippen molar-refractivity contribution < 1.29 is 13.9 Å². The Hall–Kier alpha value is -1.82. The van der Waals surface area contributed by atoms with Crippen LogP contribution in [-0.2, 0) is 4.74 Å². The van der Waals surface area contributed by atoms with Gasteiger partial charge in [-0.15, -0.1) is 11.8 Å². The summed E-state index contributed by atoms with van der Waals surface area (Å²) in [4.78, 5) is 16.0. The predicted octanol–water partition coefficient (Wildman–Crippen LogP) is 5.15. The van der Waals surface area contributed by atoms with E-state index in [4.69, 9.17) is 16.3 Å². The highest BCUT2D eigenvalue weighted by molar-refractivity contribution is 7.99. The summed E-state index contributed by atoms with van der Waals surface area (Å²) in [6, 6.07) is 11.4. The predicted molar refractivity (Wildman–Crippen MR) is 97.3 cm³/mol. The number of hydrogen-bond acceptors (Lipinski definition) is 3. The van der Waals surface area contributed by atoms with Crippen molar-refractivity contribution in [2.45, 2.75) is 5.44 Å². The molecule has 3 aromatic rings. The van der Waals surface area contributed by atoms with E-state index in [-0.39, 0.29) is 11.6 Å². The zero-order valence-electron chi connectivity index (χ0n) is 13.1. The van der Waals surface area contributed by atoms with Crippen LogP contribution in [0.15, 0.2) is 42.5 Å². The first-order chi connectivity index (χ1) is 11.5. The number of halogens is 2. The summed E-state index contributed by atoms with van der Waals surface area (Å²) < 4.78 is 18.5. The molecular weight excluding hydrogens is 349 g/mol. The van der Waals surface area contributed by atoms with E-state index in [2.05, 4.69) is 4.98 Å². The summed E-state index contributed by atoms with van der Waals surface area (Å²) in [5.41, 5.74) is 2.05. The second kappa shape index (κ2) is 6.97. The summed E-state index contributed by atoms with van der Waals surface area (Å²) in [5, 5.41) is 1.38. The highest BCUT2D eigenvalue weighted by Crippen LogP contribution is 2.35. The van der Waals surface area contributed by atoms with Gasteiger partial charge in [0.2, 0.25) is 5.78 Å². The molecule has 0 aliphatic rings. The Morgan fingerprint density at radius 1 is 1.25 bits per heavy atom. The molecule has 1 aromatic heterocycles. The third-order valence-electron chi connectivity index (χ3n) is 3.78. The second-order valence-corrected chi connectivity index (χ2v) is 6.58. The molecular formula is C18H15ClFNO2S. The number of nitrogens with one attached hydrogen (secondary N) is 1. The van der Waals surface area contributed by atoms with E-state index in [1.54, 1.807) is 24.3 Å². The molecule has 0 fully saturated rings. The number of H-pyrrole nitrogens is 1. The third-order valence-corrected chi connectivity index (χ3v) is 4.85. The maximum Gasteiger partial charge on any atom is 0.218 e. The highest BCUT2D eigenvalue weighted by Gasteiger charge is 2.25. The smallest absolute Gasteiger partial charge is 0.218 e. The fourth-order valence-corrected chi connectivity index (χ4v) is 3.39. The van der Waals surface area contributed by atoms with Gasteiger partial charge in [0.15, 0.2) is 5.44 Å². The molecule has 0 amide bonds. The number of aromatic nitrogens is 1. The van der Waals surface area contributed by atoms with Gasteiger partial charge < -0.3 is 9.72 Å². The number of aromatic amines is 1. The van der Waals surface area contributed by atoms with Gasteiger partial charge in [-0.2, -0.15) is 0 Å². The first-order valence-electron chi connectivity index (χ1n) is 7.22. The van der Waals surface area contributed by atoms with Crippen LogP contribution in [0.25, 0.3) is 22.0 Å². The van der Waals surface area contributed by atoms with E-state index in [0.29, 0.717) is 16.3 Å². The Morgan fingerprint density at radius 2 is 1.96 bits per heavy atom. The topological polar surface area (TPSA) is 42.1 Å². The van der Waals surface area contributed by atoms with Crippen molar-refractivity contribution in [3.63, 3.8) is 0 Å². The number of rotatable bonds is 5. The molecule has 1 unspecified atom stereocenters. The number of Topliss-reactive ketones (excluding diaryl/α,β-unsaturated/α-hetero) is 1. The molecule has 6 heteroatoms. The Kier molecular flexibility index (Phi) is 4.94. The van der Waals surface area contributed by atoms with Crippen LogP contribution in [0.2, 0.25) is 5.02 Å². The molecule has 3 nitrogen and oxygen atoms in total. The monoisotopic (exact) mass is 363 g/mol. The van der Waals surface area contributed by atoms with Crippen molar-refractivity contribution in [1.29, 1.82) is 0 Å². The van der Waals surface area contributed by atoms with Gasteiger partial charge in [0.25, 0.3) is 0 Å². The van der Waals surface area contributed by atoms with Gasteiger partial charge in [-0.25, -0.2) is 4.39 Å². The number of thioether (sulfide) groups is 1. The molecule has 124 valence electrons. The number of ether oxygens (including phenoxy) is 1. The average molecular weight is 364 g/mol. The van der Waals surface area contributed by atoms with E-state index in [0.717, 1.165) is 16.5 Å². The van der Waals surface area contributed by atoms with Crippen LogP contribution in [0.3, 0.4) is 0 Å². The minimum absolute atomic E-state index is 0.170. The fraction of sp³-hybridized carbons (Fsp3) is 0.167. The maximum absolute atomic E-state index is 13.3. The van der Waals surface area contributed by atoms with Crippen molar-refractivity contribution >= 4 is 40.0 Å². The largest absolute Gasteiger partial charge is 0.362 e. The van der Waals surface area contributed by atoms with Gasteiger partial charge in [0.05, 0.1) is 5.69 Å². The molecule has 2 aromatic carbocycles. The summed E-state index contributed by atoms with van der Waals surface area (Å²) >= 11 is 7.44. The molecule has 0 radical (unpaired) electrons. The number of hydrogen-bond donors (Lipinski definition) is 1. The molecule has 1 heterocycles. The fourth-order valence-electron chi connectivity index (χ4n) is 2.69. The van der Waals surface area contributed by atoms with Crippen LogP contribution < -0.4 is 0 Å². The lowest BCUT2D eigenvalue weighted by molar-refractivity contribution is 0.0791. The maximum atomic E-state index is 13.3. The molecule has 24 heavy (non-hydrogen) atoms. The zero-order valence-corrected chi connectivity index (χ0v) is 14.7. The molecule has 0 saturated carbocycles. The number of carbonyl (C=O) groups excluding carboxylic acids is 1. The summed E-state index contributed by atoms with van der Waals surface area (Å²) in [6.45, 7) is 0. The van der Waals surface area contributed by atoms with Crippen molar-refractivity contribution in [2.75, 3.05) is 13.4 Å². The second-order valence-electron chi connectivity index (χ2n) is 5.24. The Bertz CT molecular complexity index is 888. The molecule has 0 bridgehead atoms. The van der Waals surface area contributed by atoms with Crippen molar-refractivity contribution in [3.8, 4) is 11.1 Å². The van der Waals surface area contributed by atoms with E-state index in [9.17, 15) is 9.18 Å². The summed E-state index contributed by atoms with van der Waals surface area (Å²) in [7, 11) is 1.50. The normalized spacial score (nSPS) is 12.5. The number of ketones is 1. The molecule has 0 spiro atoms. The standard InChI is InChI=1S/C18H15ClFNO2S/c1-23-18(24-2)17(22)16-15(10-3-6-12(20)7-4-10)13-9-11(19)5-8-14(13)21-16/h3-9,18,21H,1-2H3. The lowest BCUT2D eigenvalue weighted by Gasteiger charge is -2.12. The average Bonchev–Trinajstić information content (AvgIpc) is 2.95. The minimum atomic E-state index is -0.618. The van der Waals surface area contributed by atoms with Crippen molar-refractivity contribution in [3.05, 3.63) is 59.0 Å². The summed E-state index contributed by atoms with van der Waals surface area (Å²) in [5.74, 6) is -0.500. The molecule has 3 rings (SSSR count). The molecule has 0 aliphatic heterocycles. The van der Waals surface area contributed by atoms with Crippen LogP contribution in [0, 0.1) is 5.82 Å². The SMILES string of the molecule is COC(SC)C(=O)c1[nH]c2ccc(Cl)cc2c1-c1ccc(F)cc1. The summed E-state index contributed by atoms with van der Waals surface area (Å²) in [6.07, 6.45) is 1.81. The van der Waals surface area contributed by atoms with E-state index in [1.807, 2.05) is 12.3 Å². The minimum Gasteiger partial charge on any atom is -0.362 e. The van der Waals surface area contributed by atoms with Gasteiger partial charge >= 0.3 is 0 Å². The first kappa shape index (κ1) is 17.0. The first-order valence-corrected chi connectivity index (χ1v) is 8.88. The number of methoxy groups -OCH3 is 1. The Labute approximate surface area is 148 Å². The van der Waals surface area contributed by atoms with E-state index < -0.39 is 5.44 Å². The van der Waals surface area contributed by atoms with Crippen LogP contribution in [0.4, 0.5) is 4.39 Å². The number of fused-ring (bicyclic) bond motifs is 1. The number of carbonyl (C=O) groups is 1. The van der Waals surface area contributed by atoms with Crippen LogP contribution >= 0.6 is 23.4 Å². The van der Waals surface area contributed by atoms with E-state index in [1.165, 1.54) is 31.0 Å². The van der Waals surface area contributed by atoms with Gasteiger partial charge in [-0.3, -0.25) is 4.79 Å². The van der Waals surface area contributed by atoms with E-state index >= 15 is 0 Å². The van der Waals surface area contributed by atoms with Gasteiger partial charge in [-0.05, 0) is 42.2 Å². The van der Waals surface area contributed by atoms with Crippen LogP contribution in [-0.4, -0.2) is 29.6 Å². The lowest BCUT2D eigenvalue weighted by Crippen LogP contribution is -2.20. The van der Waals surface area contributed by atoms with Crippen molar-refractivity contribution in [1.82, 2.24) is 4.98 Å². The van der Waals surface area contributed by atoms with Crippen LogP contribution in [0.1, 0.15) is 10.5 Å². The molecule has 1 atom stereocenters. The zero-order chi connectivity index (χ0) is 17.3. The Morgan fingerprint density at radius 3 is 2.58 bits per heavy atom. The van der Waals surface area contributed by atoms with Gasteiger partial charge in [0, 0.05) is 28.6 Å². The number of benzene rings is 2.